The number of nitrogens with zero attached hydrogens (tertiary/aromatic N) is 2. The van der Waals surface area contributed by atoms with Gasteiger partial charge in [0.2, 0.25) is 5.70 Å². The van der Waals surface area contributed by atoms with Crippen LogP contribution >= 0.6 is 11.5 Å². The maximum atomic E-state index is 10.9. The molecule has 3 rings (SSSR count). The third-order valence-corrected chi connectivity index (χ3v) is 5.73. The Morgan fingerprint density at radius 1 is 1.08 bits per heavy atom. The fourth-order valence-electron chi connectivity index (χ4n) is 3.69. The van der Waals surface area contributed by atoms with Crippen molar-refractivity contribution in [1.29, 1.82) is 0 Å². The summed E-state index contributed by atoms with van der Waals surface area (Å²) in [5.41, 5.74) is 8.96. The molecule has 0 saturated carbocycles. The van der Waals surface area contributed by atoms with E-state index in [-0.39, 0.29) is 10.6 Å². The minimum absolute atomic E-state index is 0.285. The lowest BCUT2D eigenvalue weighted by Gasteiger charge is -2.15. The minimum atomic E-state index is -0.287. The largest absolute Gasteiger partial charge is 0.259 e. The van der Waals surface area contributed by atoms with E-state index in [1.807, 2.05) is 6.08 Å². The maximum Gasteiger partial charge on any atom is 0.246 e. The highest BCUT2D eigenvalue weighted by Crippen LogP contribution is 2.36. The van der Waals surface area contributed by atoms with E-state index >= 15 is 0 Å². The fourth-order valence-corrected chi connectivity index (χ4v) is 4.43. The number of hydrogen-bond donors (Lipinski definition) is 0. The van der Waals surface area contributed by atoms with Gasteiger partial charge >= 0.3 is 0 Å². The number of benzene rings is 1. The highest BCUT2D eigenvalue weighted by molar-refractivity contribution is 7.04. The Morgan fingerprint density at radius 3 is 2.27 bits per heavy atom. The topological polar surface area (TPSA) is 56.0 Å². The highest BCUT2D eigenvalue weighted by atomic mass is 32.1. The highest BCUT2D eigenvalue weighted by Gasteiger charge is 2.20. The number of allylic oxidation sites excluding steroid dienone is 4. The van der Waals surface area contributed by atoms with Crippen LogP contribution in [-0.2, 0) is 19.3 Å². The summed E-state index contributed by atoms with van der Waals surface area (Å²) in [7, 11) is 0. The van der Waals surface area contributed by atoms with Gasteiger partial charge in [-0.3, -0.25) is 10.1 Å². The molecule has 0 fully saturated rings. The van der Waals surface area contributed by atoms with Crippen LogP contribution < -0.4 is 0 Å². The minimum Gasteiger partial charge on any atom is -0.259 e. The quantitative estimate of drug-likeness (QED) is 0.476. The van der Waals surface area contributed by atoms with Gasteiger partial charge in [0.25, 0.3) is 0 Å². The SMILES string of the molecule is CCc1cc(-c2nscc2C2=CC=C([N+](=O)[O-])CC2)cc(CC)c1CC. The summed E-state index contributed by atoms with van der Waals surface area (Å²) in [6.45, 7) is 6.62. The zero-order valence-electron chi connectivity index (χ0n) is 15.5. The number of nitro groups is 1. The van der Waals surface area contributed by atoms with Crippen molar-refractivity contribution in [3.8, 4) is 11.3 Å². The number of aromatic nitrogens is 1. The first-order chi connectivity index (χ1) is 12.6. The van der Waals surface area contributed by atoms with E-state index in [2.05, 4.69) is 42.7 Å². The summed E-state index contributed by atoms with van der Waals surface area (Å²) in [4.78, 5) is 10.6. The van der Waals surface area contributed by atoms with Crippen LogP contribution in [0.2, 0.25) is 0 Å². The molecule has 0 atom stereocenters. The molecule has 1 aromatic heterocycles. The van der Waals surface area contributed by atoms with E-state index in [4.69, 9.17) is 0 Å². The van der Waals surface area contributed by atoms with E-state index in [0.29, 0.717) is 12.8 Å². The van der Waals surface area contributed by atoms with Crippen LogP contribution in [-0.4, -0.2) is 9.30 Å². The molecule has 0 bridgehead atoms. The van der Waals surface area contributed by atoms with Gasteiger partial charge in [-0.1, -0.05) is 26.8 Å². The summed E-state index contributed by atoms with van der Waals surface area (Å²) in [6, 6.07) is 4.55. The summed E-state index contributed by atoms with van der Waals surface area (Å²) < 4.78 is 4.67. The van der Waals surface area contributed by atoms with Gasteiger partial charge in [-0.25, -0.2) is 0 Å². The number of aryl methyl sites for hydroxylation is 2. The van der Waals surface area contributed by atoms with Gasteiger partial charge in [-0.2, -0.15) is 4.37 Å². The maximum absolute atomic E-state index is 10.9. The summed E-state index contributed by atoms with van der Waals surface area (Å²) in [6.07, 6.45) is 7.76. The molecule has 0 N–H and O–H groups in total. The number of hydrogen-bond acceptors (Lipinski definition) is 4. The Labute approximate surface area is 158 Å². The van der Waals surface area contributed by atoms with Gasteiger partial charge in [-0.15, -0.1) is 0 Å². The molecule has 5 heteroatoms. The fraction of sp³-hybridized carbons (Fsp3) is 0.381. The van der Waals surface area contributed by atoms with Crippen LogP contribution in [0.25, 0.3) is 16.8 Å². The Kier molecular flexibility index (Phi) is 5.67. The van der Waals surface area contributed by atoms with Crippen molar-refractivity contribution >= 4 is 17.1 Å². The lowest BCUT2D eigenvalue weighted by molar-refractivity contribution is -0.427. The van der Waals surface area contributed by atoms with E-state index in [0.717, 1.165) is 41.7 Å². The smallest absolute Gasteiger partial charge is 0.246 e. The molecule has 1 heterocycles. The van der Waals surface area contributed by atoms with Crippen LogP contribution in [0.15, 0.2) is 35.4 Å². The van der Waals surface area contributed by atoms with E-state index < -0.39 is 0 Å². The molecule has 0 aliphatic heterocycles. The first kappa shape index (κ1) is 18.5. The second-order valence-corrected chi connectivity index (χ2v) is 7.15. The Morgan fingerprint density at radius 2 is 1.77 bits per heavy atom. The van der Waals surface area contributed by atoms with Crippen LogP contribution in [0, 0.1) is 10.1 Å². The van der Waals surface area contributed by atoms with Crippen LogP contribution in [0.3, 0.4) is 0 Å². The standard InChI is InChI=1S/C21H24N2O2S/c1-4-14-11-17(12-15(5-2)19(14)6-3)21-20(13-26-22-21)16-7-9-18(10-8-16)23(24)25/h7,9,11-13H,4-6,8,10H2,1-3H3. The van der Waals surface area contributed by atoms with Gasteiger partial charge in [0.05, 0.1) is 10.6 Å². The van der Waals surface area contributed by atoms with Crippen molar-refractivity contribution < 1.29 is 4.92 Å². The Hall–Kier alpha value is -2.27. The summed E-state index contributed by atoms with van der Waals surface area (Å²) in [5, 5.41) is 13.0. The van der Waals surface area contributed by atoms with Crippen molar-refractivity contribution in [2.75, 3.05) is 0 Å². The van der Waals surface area contributed by atoms with Gasteiger partial charge in [0.1, 0.15) is 0 Å². The monoisotopic (exact) mass is 368 g/mol. The third-order valence-electron chi connectivity index (χ3n) is 5.10. The predicted octanol–water partition coefficient (Wildman–Crippen LogP) is 5.84. The van der Waals surface area contributed by atoms with Crippen molar-refractivity contribution in [3.05, 3.63) is 67.7 Å². The zero-order valence-corrected chi connectivity index (χ0v) is 16.4. The molecule has 136 valence electrons. The molecule has 4 nitrogen and oxygen atoms in total. The van der Waals surface area contributed by atoms with Crippen LogP contribution in [0.4, 0.5) is 0 Å². The molecule has 0 radical (unpaired) electrons. The van der Waals surface area contributed by atoms with E-state index in [1.54, 1.807) is 6.08 Å². The summed E-state index contributed by atoms with van der Waals surface area (Å²) >= 11 is 1.45. The van der Waals surface area contributed by atoms with Crippen molar-refractivity contribution in [3.63, 3.8) is 0 Å². The van der Waals surface area contributed by atoms with Crippen molar-refractivity contribution in [2.45, 2.75) is 52.9 Å². The first-order valence-electron chi connectivity index (χ1n) is 9.22. The lowest BCUT2D eigenvalue weighted by Crippen LogP contribution is -2.03. The van der Waals surface area contributed by atoms with Gasteiger partial charge in [0.15, 0.2) is 0 Å². The van der Waals surface area contributed by atoms with E-state index in [9.17, 15) is 10.1 Å². The van der Waals surface area contributed by atoms with Gasteiger partial charge < -0.3 is 0 Å². The zero-order chi connectivity index (χ0) is 18.7. The lowest BCUT2D eigenvalue weighted by atomic mass is 9.89. The molecule has 1 aliphatic carbocycles. The third kappa shape index (κ3) is 3.49. The summed E-state index contributed by atoms with van der Waals surface area (Å²) in [5.74, 6) is 0. The molecule has 0 spiro atoms. The second-order valence-electron chi connectivity index (χ2n) is 6.52. The molecule has 0 amide bonds. The van der Waals surface area contributed by atoms with Gasteiger partial charge in [0, 0.05) is 29.0 Å². The van der Waals surface area contributed by atoms with Crippen molar-refractivity contribution in [2.24, 2.45) is 0 Å². The first-order valence-corrected chi connectivity index (χ1v) is 10.1. The normalized spacial score (nSPS) is 14.1. The molecule has 2 aromatic rings. The van der Waals surface area contributed by atoms with Crippen LogP contribution in [0.5, 0.6) is 0 Å². The second kappa shape index (κ2) is 7.96. The van der Waals surface area contributed by atoms with E-state index in [1.165, 1.54) is 28.2 Å². The molecule has 1 aliphatic rings. The molecule has 0 unspecified atom stereocenters. The van der Waals surface area contributed by atoms with Crippen LogP contribution in [0.1, 0.15) is 55.9 Å². The van der Waals surface area contributed by atoms with Gasteiger partial charge in [-0.05, 0) is 71.6 Å². The number of rotatable bonds is 6. The Balaban J connectivity index is 2.06. The molecule has 0 saturated heterocycles. The average molecular weight is 369 g/mol. The molecule has 26 heavy (non-hydrogen) atoms. The molecular weight excluding hydrogens is 344 g/mol. The molecule has 1 aromatic carbocycles. The van der Waals surface area contributed by atoms with Crippen molar-refractivity contribution in [1.82, 2.24) is 4.37 Å². The molecular formula is C21H24N2O2S. The Bertz CT molecular complexity index is 868. The average Bonchev–Trinajstić information content (AvgIpc) is 3.16. The predicted molar refractivity (Wildman–Crippen MR) is 108 cm³/mol.